The number of thiazole rings is 1. The Kier molecular flexibility index (Phi) is 6.91. The fraction of sp³-hybridized carbons (Fsp3) is 0.238. The number of carbonyl (C=O) groups is 3. The molecule has 0 spiro atoms. The van der Waals surface area contributed by atoms with Crippen LogP contribution in [0.1, 0.15) is 28.2 Å². The summed E-state index contributed by atoms with van der Waals surface area (Å²) in [6, 6.07) is 14.1. The molecule has 1 heterocycles. The monoisotopic (exact) mass is 412 g/mol. The standard InChI is InChI=1S/C21H20N2O5S/c1-27-21(26)14-9-11-15(12-10-14)22-18(24)13-28-20(25)8-4-7-19-23-16-5-2-3-6-17(16)29-19/h2-3,5-6,9-12H,4,7-8,13H2,1H3,(H,22,24). The van der Waals surface area contributed by atoms with Gasteiger partial charge >= 0.3 is 11.9 Å². The van der Waals surface area contributed by atoms with Gasteiger partial charge in [-0.25, -0.2) is 9.78 Å². The fourth-order valence-corrected chi connectivity index (χ4v) is 3.64. The first-order chi connectivity index (χ1) is 14.0. The van der Waals surface area contributed by atoms with Gasteiger partial charge in [-0.1, -0.05) is 12.1 Å². The van der Waals surface area contributed by atoms with Crippen molar-refractivity contribution in [2.45, 2.75) is 19.3 Å². The number of fused-ring (bicyclic) bond motifs is 1. The summed E-state index contributed by atoms with van der Waals surface area (Å²) < 4.78 is 10.7. The van der Waals surface area contributed by atoms with Crippen molar-refractivity contribution in [3.8, 4) is 0 Å². The number of carbonyl (C=O) groups excluding carboxylic acids is 3. The molecule has 8 heteroatoms. The number of hydrogen-bond acceptors (Lipinski definition) is 7. The summed E-state index contributed by atoms with van der Waals surface area (Å²) in [5.41, 5.74) is 1.84. The average molecular weight is 412 g/mol. The molecule has 1 N–H and O–H groups in total. The van der Waals surface area contributed by atoms with Gasteiger partial charge in [0.1, 0.15) is 0 Å². The minimum Gasteiger partial charge on any atom is -0.465 e. The van der Waals surface area contributed by atoms with Crippen LogP contribution in [0.3, 0.4) is 0 Å². The Morgan fingerprint density at radius 3 is 2.55 bits per heavy atom. The zero-order chi connectivity index (χ0) is 20.6. The molecule has 150 valence electrons. The van der Waals surface area contributed by atoms with Gasteiger partial charge in [-0.3, -0.25) is 9.59 Å². The summed E-state index contributed by atoms with van der Waals surface area (Å²) in [4.78, 5) is 39.6. The second-order valence-corrected chi connectivity index (χ2v) is 7.32. The number of rotatable bonds is 8. The lowest BCUT2D eigenvalue weighted by atomic mass is 10.2. The Morgan fingerprint density at radius 1 is 1.07 bits per heavy atom. The van der Waals surface area contributed by atoms with E-state index in [1.165, 1.54) is 19.2 Å². The second-order valence-electron chi connectivity index (χ2n) is 6.21. The molecule has 3 aromatic rings. The number of para-hydroxylation sites is 1. The predicted octanol–water partition coefficient (Wildman–Crippen LogP) is 3.59. The zero-order valence-electron chi connectivity index (χ0n) is 15.8. The summed E-state index contributed by atoms with van der Waals surface area (Å²) in [6.45, 7) is -0.362. The van der Waals surface area contributed by atoms with Crippen molar-refractivity contribution >= 4 is 45.1 Å². The third kappa shape index (κ3) is 5.86. The highest BCUT2D eigenvalue weighted by Crippen LogP contribution is 2.22. The van der Waals surface area contributed by atoms with Crippen molar-refractivity contribution in [1.82, 2.24) is 4.98 Å². The Bertz CT molecular complexity index is 980. The number of hydrogen-bond donors (Lipinski definition) is 1. The molecule has 0 unspecified atom stereocenters. The maximum absolute atomic E-state index is 11.9. The smallest absolute Gasteiger partial charge is 0.337 e. The van der Waals surface area contributed by atoms with Crippen molar-refractivity contribution in [2.75, 3.05) is 19.0 Å². The number of amides is 1. The van der Waals surface area contributed by atoms with Gasteiger partial charge in [0.15, 0.2) is 6.61 Å². The largest absolute Gasteiger partial charge is 0.465 e. The number of aromatic nitrogens is 1. The average Bonchev–Trinajstić information content (AvgIpc) is 3.15. The molecule has 0 saturated carbocycles. The van der Waals surface area contributed by atoms with Crippen LogP contribution in [0.2, 0.25) is 0 Å². The van der Waals surface area contributed by atoms with Crippen LogP contribution < -0.4 is 5.32 Å². The van der Waals surface area contributed by atoms with Crippen molar-refractivity contribution in [3.63, 3.8) is 0 Å². The van der Waals surface area contributed by atoms with Gasteiger partial charge < -0.3 is 14.8 Å². The molecule has 7 nitrogen and oxygen atoms in total. The van der Waals surface area contributed by atoms with E-state index >= 15 is 0 Å². The lowest BCUT2D eigenvalue weighted by molar-refractivity contribution is -0.147. The van der Waals surface area contributed by atoms with Crippen LogP contribution in [-0.2, 0) is 25.5 Å². The summed E-state index contributed by atoms with van der Waals surface area (Å²) in [6.07, 6.45) is 1.51. The number of nitrogens with one attached hydrogen (secondary N) is 1. The third-order valence-corrected chi connectivity index (χ3v) is 5.16. The molecule has 1 aromatic heterocycles. The first kappa shape index (κ1) is 20.5. The van der Waals surface area contributed by atoms with Crippen LogP contribution in [0.25, 0.3) is 10.2 Å². The molecule has 0 atom stereocenters. The van der Waals surface area contributed by atoms with Crippen molar-refractivity contribution in [2.24, 2.45) is 0 Å². The SMILES string of the molecule is COC(=O)c1ccc(NC(=O)COC(=O)CCCc2nc3ccccc3s2)cc1. The van der Waals surface area contributed by atoms with Crippen LogP contribution in [0.15, 0.2) is 48.5 Å². The molecule has 0 fully saturated rings. The Labute approximate surface area is 171 Å². The van der Waals surface area contributed by atoms with E-state index in [0.717, 1.165) is 15.2 Å². The van der Waals surface area contributed by atoms with E-state index < -0.39 is 17.8 Å². The molecular formula is C21H20N2O5S. The van der Waals surface area contributed by atoms with Gasteiger partial charge in [-0.15, -0.1) is 11.3 Å². The number of ether oxygens (including phenoxy) is 2. The first-order valence-corrected chi connectivity index (χ1v) is 9.85. The fourth-order valence-electron chi connectivity index (χ4n) is 2.63. The van der Waals surface area contributed by atoms with Gasteiger partial charge in [0.25, 0.3) is 5.91 Å². The third-order valence-electron chi connectivity index (χ3n) is 4.06. The molecule has 0 aliphatic heterocycles. The minimum atomic E-state index is -0.456. The molecule has 0 saturated heterocycles. The molecule has 0 bridgehead atoms. The number of methoxy groups -OCH3 is 1. The lowest BCUT2D eigenvalue weighted by Crippen LogP contribution is -2.20. The molecule has 2 aromatic carbocycles. The van der Waals surface area contributed by atoms with Crippen molar-refractivity contribution in [3.05, 3.63) is 59.1 Å². The van der Waals surface area contributed by atoms with E-state index in [2.05, 4.69) is 15.0 Å². The summed E-state index contributed by atoms with van der Waals surface area (Å²) in [7, 11) is 1.30. The van der Waals surface area contributed by atoms with E-state index in [1.807, 2.05) is 24.3 Å². The molecule has 1 amide bonds. The Morgan fingerprint density at radius 2 is 1.83 bits per heavy atom. The van der Waals surface area contributed by atoms with Crippen LogP contribution in [-0.4, -0.2) is 36.5 Å². The molecule has 3 rings (SSSR count). The highest BCUT2D eigenvalue weighted by Gasteiger charge is 2.10. The molecule has 29 heavy (non-hydrogen) atoms. The first-order valence-electron chi connectivity index (χ1n) is 9.03. The molecule has 0 radical (unpaired) electrons. The summed E-state index contributed by atoms with van der Waals surface area (Å²) in [5, 5.41) is 3.58. The van der Waals surface area contributed by atoms with Gasteiger partial charge in [0.2, 0.25) is 0 Å². The van der Waals surface area contributed by atoms with Crippen LogP contribution in [0, 0.1) is 0 Å². The topological polar surface area (TPSA) is 94.6 Å². The second kappa shape index (κ2) is 9.79. The number of esters is 2. The van der Waals surface area contributed by atoms with Crippen molar-refractivity contribution < 1.29 is 23.9 Å². The van der Waals surface area contributed by atoms with Crippen LogP contribution in [0.5, 0.6) is 0 Å². The molecule has 0 aliphatic carbocycles. The number of anilines is 1. The minimum absolute atomic E-state index is 0.219. The van der Waals surface area contributed by atoms with Gasteiger partial charge in [-0.2, -0.15) is 0 Å². The summed E-state index contributed by atoms with van der Waals surface area (Å²) in [5.74, 6) is -1.33. The number of aryl methyl sites for hydroxylation is 1. The Hall–Kier alpha value is -3.26. The van der Waals surface area contributed by atoms with Crippen molar-refractivity contribution in [1.29, 1.82) is 0 Å². The quantitative estimate of drug-likeness (QED) is 0.568. The van der Waals surface area contributed by atoms with Crippen LogP contribution in [0.4, 0.5) is 5.69 Å². The van der Waals surface area contributed by atoms with E-state index in [1.54, 1.807) is 23.5 Å². The Balaban J connectivity index is 1.37. The van der Waals surface area contributed by atoms with E-state index in [4.69, 9.17) is 4.74 Å². The lowest BCUT2D eigenvalue weighted by Gasteiger charge is -2.07. The van der Waals surface area contributed by atoms with Gasteiger partial charge in [0.05, 0.1) is 27.9 Å². The number of benzene rings is 2. The predicted molar refractivity (Wildman–Crippen MR) is 110 cm³/mol. The normalized spacial score (nSPS) is 10.5. The van der Waals surface area contributed by atoms with Gasteiger partial charge in [0, 0.05) is 12.1 Å². The maximum atomic E-state index is 11.9. The maximum Gasteiger partial charge on any atom is 0.337 e. The molecular weight excluding hydrogens is 392 g/mol. The van der Waals surface area contributed by atoms with E-state index in [0.29, 0.717) is 24.1 Å². The molecule has 0 aliphatic rings. The van der Waals surface area contributed by atoms with E-state index in [9.17, 15) is 14.4 Å². The highest BCUT2D eigenvalue weighted by molar-refractivity contribution is 7.18. The number of nitrogens with zero attached hydrogens (tertiary/aromatic N) is 1. The van der Waals surface area contributed by atoms with E-state index in [-0.39, 0.29) is 13.0 Å². The summed E-state index contributed by atoms with van der Waals surface area (Å²) >= 11 is 1.62. The van der Waals surface area contributed by atoms with Gasteiger partial charge in [-0.05, 0) is 49.2 Å². The zero-order valence-corrected chi connectivity index (χ0v) is 16.7. The highest BCUT2D eigenvalue weighted by atomic mass is 32.1. The van der Waals surface area contributed by atoms with Crippen LogP contribution >= 0.6 is 11.3 Å².